The van der Waals surface area contributed by atoms with Gasteiger partial charge in [-0.1, -0.05) is 0 Å². The Morgan fingerprint density at radius 2 is 1.70 bits per heavy atom. The molecule has 0 unspecified atom stereocenters. The number of amides is 1. The number of sulfonamides is 2. The van der Waals surface area contributed by atoms with Gasteiger partial charge in [-0.2, -0.15) is 0 Å². The molecule has 2 aromatic rings. The van der Waals surface area contributed by atoms with Crippen molar-refractivity contribution in [3.63, 3.8) is 0 Å². The first-order valence-corrected chi connectivity index (χ1v) is 10.8. The second-order valence-corrected chi connectivity index (χ2v) is 9.07. The summed E-state index contributed by atoms with van der Waals surface area (Å²) in [5.41, 5.74) is 0.543. The summed E-state index contributed by atoms with van der Waals surface area (Å²) in [4.78, 5) is 13.0. The van der Waals surface area contributed by atoms with E-state index in [0.717, 1.165) is 0 Å². The Hall–Kier alpha value is -2.63. The largest absolute Gasteiger partial charge is 0.490 e. The number of hydrogen-bond donors (Lipinski definition) is 2. The molecule has 1 heterocycles. The van der Waals surface area contributed by atoms with Gasteiger partial charge in [0.25, 0.3) is 10.0 Å². The number of hydrogen-bond acceptors (Lipinski definition) is 6. The smallest absolute Gasteiger partial charge is 0.261 e. The van der Waals surface area contributed by atoms with Gasteiger partial charge in [-0.3, -0.25) is 9.52 Å². The van der Waals surface area contributed by atoms with Crippen LogP contribution < -0.4 is 19.5 Å². The Balaban J connectivity index is 1.91. The number of ether oxygens (including phenoxy) is 1. The maximum atomic E-state index is 12.6. The topological polar surface area (TPSA) is 136 Å². The Morgan fingerprint density at radius 1 is 1.07 bits per heavy atom. The summed E-state index contributed by atoms with van der Waals surface area (Å²) in [5, 5.41) is 5.02. The highest BCUT2D eigenvalue weighted by molar-refractivity contribution is 7.92. The van der Waals surface area contributed by atoms with Crippen molar-refractivity contribution in [1.29, 1.82) is 0 Å². The molecule has 3 rings (SSSR count). The van der Waals surface area contributed by atoms with Crippen LogP contribution in [0.5, 0.6) is 5.75 Å². The molecule has 0 saturated heterocycles. The third kappa shape index (κ3) is 4.04. The van der Waals surface area contributed by atoms with E-state index in [1.807, 2.05) is 0 Å². The molecular formula is C16H17N3O6S2. The summed E-state index contributed by atoms with van der Waals surface area (Å²) in [5.74, 6) is 0.202. The maximum Gasteiger partial charge on any atom is 0.261 e. The zero-order valence-electron chi connectivity index (χ0n) is 14.2. The lowest BCUT2D eigenvalue weighted by Gasteiger charge is -2.29. The standard InChI is InChI=1S/C16H17N3O6S2/c1-11(20)19-8-9-25-16-7-6-14(10-15(16)19)27(23,24)18-12-2-4-13(5-3-12)26(17,21)22/h2-7,10,18H,8-9H2,1H3,(H2,17,21,22). The molecule has 0 atom stereocenters. The third-order valence-corrected chi connectivity index (χ3v) is 6.23. The van der Waals surface area contributed by atoms with Crippen molar-refractivity contribution in [2.45, 2.75) is 16.7 Å². The highest BCUT2D eigenvalue weighted by Gasteiger charge is 2.24. The van der Waals surface area contributed by atoms with Gasteiger partial charge in [-0.05, 0) is 42.5 Å². The zero-order chi connectivity index (χ0) is 19.8. The summed E-state index contributed by atoms with van der Waals surface area (Å²) >= 11 is 0. The van der Waals surface area contributed by atoms with Crippen molar-refractivity contribution in [2.24, 2.45) is 5.14 Å². The molecule has 144 valence electrons. The van der Waals surface area contributed by atoms with Crippen LogP contribution in [0.3, 0.4) is 0 Å². The first-order chi connectivity index (χ1) is 12.6. The molecule has 0 fully saturated rings. The van der Waals surface area contributed by atoms with Crippen LogP contribution in [0.15, 0.2) is 52.3 Å². The molecule has 0 saturated carbocycles. The quantitative estimate of drug-likeness (QED) is 0.766. The fourth-order valence-electron chi connectivity index (χ4n) is 2.62. The molecule has 9 nitrogen and oxygen atoms in total. The van der Waals surface area contributed by atoms with Crippen LogP contribution in [-0.4, -0.2) is 35.9 Å². The Kier molecular flexibility index (Phi) is 4.84. The van der Waals surface area contributed by atoms with E-state index in [1.54, 1.807) is 0 Å². The van der Waals surface area contributed by atoms with E-state index in [0.29, 0.717) is 24.6 Å². The van der Waals surface area contributed by atoms with E-state index in [2.05, 4.69) is 4.72 Å². The molecule has 1 aliphatic rings. The summed E-state index contributed by atoms with van der Waals surface area (Å²) in [6, 6.07) is 9.20. The number of fused-ring (bicyclic) bond motifs is 1. The van der Waals surface area contributed by atoms with Crippen molar-refractivity contribution in [3.05, 3.63) is 42.5 Å². The molecule has 0 aromatic heterocycles. The van der Waals surface area contributed by atoms with Crippen molar-refractivity contribution in [1.82, 2.24) is 0 Å². The van der Waals surface area contributed by atoms with Gasteiger partial charge in [0.15, 0.2) is 0 Å². The molecule has 2 aromatic carbocycles. The van der Waals surface area contributed by atoms with Crippen molar-refractivity contribution in [3.8, 4) is 5.75 Å². The van der Waals surface area contributed by atoms with Crippen LogP contribution in [-0.2, 0) is 24.8 Å². The van der Waals surface area contributed by atoms with Gasteiger partial charge in [0.2, 0.25) is 15.9 Å². The lowest BCUT2D eigenvalue weighted by Crippen LogP contribution is -2.36. The van der Waals surface area contributed by atoms with E-state index in [4.69, 9.17) is 9.88 Å². The fraction of sp³-hybridized carbons (Fsp3) is 0.188. The molecule has 27 heavy (non-hydrogen) atoms. The second kappa shape index (κ2) is 6.83. The average molecular weight is 411 g/mol. The van der Waals surface area contributed by atoms with E-state index in [-0.39, 0.29) is 21.4 Å². The molecular weight excluding hydrogens is 394 g/mol. The average Bonchev–Trinajstić information content (AvgIpc) is 2.60. The first-order valence-electron chi connectivity index (χ1n) is 7.78. The third-order valence-electron chi connectivity index (χ3n) is 3.92. The Bertz CT molecular complexity index is 1100. The number of rotatable bonds is 4. The molecule has 0 aliphatic carbocycles. The van der Waals surface area contributed by atoms with E-state index < -0.39 is 20.0 Å². The number of nitrogens with two attached hydrogens (primary N) is 1. The van der Waals surface area contributed by atoms with Gasteiger partial charge in [0.1, 0.15) is 12.4 Å². The van der Waals surface area contributed by atoms with Gasteiger partial charge < -0.3 is 9.64 Å². The number of anilines is 2. The van der Waals surface area contributed by atoms with Crippen LogP contribution in [0.25, 0.3) is 0 Å². The summed E-state index contributed by atoms with van der Waals surface area (Å²) in [7, 11) is -7.84. The lowest BCUT2D eigenvalue weighted by molar-refractivity contribution is -0.116. The molecule has 0 radical (unpaired) electrons. The maximum absolute atomic E-state index is 12.6. The highest BCUT2D eigenvalue weighted by Crippen LogP contribution is 2.34. The van der Waals surface area contributed by atoms with Gasteiger partial charge in [0, 0.05) is 12.6 Å². The van der Waals surface area contributed by atoms with E-state index >= 15 is 0 Å². The molecule has 3 N–H and O–H groups in total. The van der Waals surface area contributed by atoms with Crippen LogP contribution >= 0.6 is 0 Å². The first kappa shape index (κ1) is 19.1. The number of nitrogens with zero attached hydrogens (tertiary/aromatic N) is 1. The summed E-state index contributed by atoms with van der Waals surface area (Å²) in [6.45, 7) is 2.04. The van der Waals surface area contributed by atoms with Gasteiger partial charge in [-0.15, -0.1) is 0 Å². The van der Waals surface area contributed by atoms with Gasteiger partial charge >= 0.3 is 0 Å². The van der Waals surface area contributed by atoms with Crippen molar-refractivity contribution >= 4 is 37.3 Å². The molecule has 1 aliphatic heterocycles. The molecule has 11 heteroatoms. The second-order valence-electron chi connectivity index (χ2n) is 5.82. The van der Waals surface area contributed by atoms with Gasteiger partial charge in [0.05, 0.1) is 22.0 Å². The van der Waals surface area contributed by atoms with Crippen LogP contribution in [0.2, 0.25) is 0 Å². The highest BCUT2D eigenvalue weighted by atomic mass is 32.2. The van der Waals surface area contributed by atoms with Crippen molar-refractivity contribution < 1.29 is 26.4 Å². The van der Waals surface area contributed by atoms with Crippen molar-refractivity contribution in [2.75, 3.05) is 22.8 Å². The number of carbonyl (C=O) groups is 1. The van der Waals surface area contributed by atoms with E-state index in [9.17, 15) is 21.6 Å². The zero-order valence-corrected chi connectivity index (χ0v) is 15.9. The monoisotopic (exact) mass is 411 g/mol. The molecule has 1 amide bonds. The molecule has 0 bridgehead atoms. The molecule has 0 spiro atoms. The van der Waals surface area contributed by atoms with Crippen LogP contribution in [0.4, 0.5) is 11.4 Å². The fourth-order valence-corrected chi connectivity index (χ4v) is 4.21. The number of primary sulfonamides is 1. The normalized spacial score (nSPS) is 14.2. The van der Waals surface area contributed by atoms with E-state index in [1.165, 1.54) is 54.3 Å². The van der Waals surface area contributed by atoms with Crippen LogP contribution in [0, 0.1) is 0 Å². The minimum absolute atomic E-state index is 0.0616. The summed E-state index contributed by atoms with van der Waals surface area (Å²) < 4.78 is 55.6. The summed E-state index contributed by atoms with van der Waals surface area (Å²) in [6.07, 6.45) is 0. The predicted molar refractivity (Wildman–Crippen MR) is 98.6 cm³/mol. The number of benzene rings is 2. The predicted octanol–water partition coefficient (Wildman–Crippen LogP) is 0.880. The Morgan fingerprint density at radius 3 is 2.30 bits per heavy atom. The minimum Gasteiger partial charge on any atom is -0.490 e. The SMILES string of the molecule is CC(=O)N1CCOc2ccc(S(=O)(=O)Nc3ccc(S(N)(=O)=O)cc3)cc21. The number of nitrogens with one attached hydrogen (secondary N) is 1. The minimum atomic E-state index is -3.97. The Labute approximate surface area is 156 Å². The number of carbonyl (C=O) groups excluding carboxylic acids is 1. The van der Waals surface area contributed by atoms with Crippen LogP contribution in [0.1, 0.15) is 6.92 Å². The van der Waals surface area contributed by atoms with Gasteiger partial charge in [-0.25, -0.2) is 22.0 Å². The lowest BCUT2D eigenvalue weighted by atomic mass is 10.2.